The number of thiophene rings is 1. The Balaban J connectivity index is 1.68. The van der Waals surface area contributed by atoms with Crippen LogP contribution in [-0.4, -0.2) is 68.9 Å². The second-order valence-electron chi connectivity index (χ2n) is 8.64. The van der Waals surface area contributed by atoms with E-state index < -0.39 is 6.09 Å². The highest BCUT2D eigenvalue weighted by Gasteiger charge is 2.27. The quantitative estimate of drug-likeness (QED) is 0.226. The van der Waals surface area contributed by atoms with Crippen molar-refractivity contribution in [3.8, 4) is 16.2 Å². The number of azide groups is 1. The molecule has 13 heteroatoms. The smallest absolute Gasteiger partial charge is 0.407 e. The van der Waals surface area contributed by atoms with Crippen molar-refractivity contribution >= 4 is 38.9 Å². The molecule has 0 unspecified atom stereocenters. The maximum absolute atomic E-state index is 11.3. The average Bonchev–Trinajstić information content (AvgIpc) is 3.42. The van der Waals surface area contributed by atoms with E-state index in [0.29, 0.717) is 44.1 Å². The average molecular weight is 508 g/mol. The maximum atomic E-state index is 11.3. The molecule has 3 aromatic heterocycles. The molecule has 12 nitrogen and oxygen atoms in total. The van der Waals surface area contributed by atoms with E-state index in [1.807, 2.05) is 13.0 Å². The molecule has 4 aromatic rings. The number of ether oxygens (including phenoxy) is 1. The second-order valence-corrected chi connectivity index (χ2v) is 9.69. The predicted octanol–water partition coefficient (Wildman–Crippen LogP) is 4.12. The van der Waals surface area contributed by atoms with Crippen LogP contribution in [0.25, 0.3) is 36.5 Å². The number of hydrogen-bond acceptors (Lipinski definition) is 8. The number of carboxylic acid groups (broad SMARTS) is 1. The molecule has 1 fully saturated rings. The first-order valence-electron chi connectivity index (χ1n) is 11.3. The van der Waals surface area contributed by atoms with Crippen molar-refractivity contribution < 1.29 is 14.6 Å². The number of piperazine rings is 1. The monoisotopic (exact) mass is 507 g/mol. The number of carbonyl (C=O) groups is 1. The number of aryl methyl sites for hydroxylation is 1. The summed E-state index contributed by atoms with van der Waals surface area (Å²) in [5, 5.41) is 18.7. The fourth-order valence-corrected chi connectivity index (χ4v) is 5.98. The van der Waals surface area contributed by atoms with Crippen LogP contribution >= 0.6 is 11.3 Å². The van der Waals surface area contributed by atoms with E-state index in [4.69, 9.17) is 16.0 Å². The lowest BCUT2D eigenvalue weighted by atomic mass is 10.1. The van der Waals surface area contributed by atoms with E-state index in [-0.39, 0.29) is 6.54 Å². The Bertz CT molecular complexity index is 1510. The second kappa shape index (κ2) is 9.53. The molecule has 0 spiro atoms. The lowest BCUT2D eigenvalue weighted by molar-refractivity contribution is 0.102. The van der Waals surface area contributed by atoms with E-state index in [1.54, 1.807) is 23.0 Å². The van der Waals surface area contributed by atoms with E-state index >= 15 is 0 Å². The first kappa shape index (κ1) is 23.7. The molecule has 1 aliphatic rings. The summed E-state index contributed by atoms with van der Waals surface area (Å²) in [6.07, 6.45) is 0.497. The summed E-state index contributed by atoms with van der Waals surface area (Å²) < 4.78 is 8.41. The van der Waals surface area contributed by atoms with Gasteiger partial charge in [0.05, 0.1) is 24.0 Å². The fourth-order valence-electron chi connectivity index (χ4n) is 4.77. The number of nitrogens with two attached hydrogens (primary N) is 1. The zero-order chi connectivity index (χ0) is 25.4. The number of methoxy groups -OCH3 is 1. The Kier molecular flexibility index (Phi) is 6.27. The predicted molar refractivity (Wildman–Crippen MR) is 137 cm³/mol. The number of fused-ring (bicyclic) bond motifs is 2. The molecule has 1 aromatic carbocycles. The zero-order valence-electron chi connectivity index (χ0n) is 19.9. The third-order valence-electron chi connectivity index (χ3n) is 6.46. The van der Waals surface area contributed by atoms with Gasteiger partial charge in [0.2, 0.25) is 0 Å². The van der Waals surface area contributed by atoms with Crippen LogP contribution in [0.2, 0.25) is 0 Å². The number of benzene rings is 1. The third-order valence-corrected chi connectivity index (χ3v) is 7.64. The minimum absolute atomic E-state index is 0.115. The van der Waals surface area contributed by atoms with Crippen molar-refractivity contribution in [1.82, 2.24) is 24.4 Å². The molecule has 0 radical (unpaired) electrons. The molecule has 0 saturated carbocycles. The highest BCUT2D eigenvalue weighted by atomic mass is 32.1. The summed E-state index contributed by atoms with van der Waals surface area (Å²) in [5.41, 5.74) is 19.8. The van der Waals surface area contributed by atoms with Crippen molar-refractivity contribution in [3.63, 3.8) is 0 Å². The SMILES string of the molecule is COc1cc(C)cc2cc(-c3c(CN=[N+]=[N-])c(CN4CCN(C(=O)O)CC4)n4ncnc(N)c34)sc12. The van der Waals surface area contributed by atoms with Gasteiger partial charge in [0.1, 0.15) is 17.6 Å². The van der Waals surface area contributed by atoms with Gasteiger partial charge >= 0.3 is 6.09 Å². The van der Waals surface area contributed by atoms with Crippen molar-refractivity contribution in [2.75, 3.05) is 39.0 Å². The van der Waals surface area contributed by atoms with E-state index in [0.717, 1.165) is 43.1 Å². The minimum Gasteiger partial charge on any atom is -0.495 e. The van der Waals surface area contributed by atoms with Crippen LogP contribution < -0.4 is 10.5 Å². The van der Waals surface area contributed by atoms with Gasteiger partial charge in [0.25, 0.3) is 0 Å². The van der Waals surface area contributed by atoms with Crippen molar-refractivity contribution in [3.05, 3.63) is 51.8 Å². The highest BCUT2D eigenvalue weighted by Crippen LogP contribution is 2.44. The Morgan fingerprint density at radius 3 is 2.78 bits per heavy atom. The molecule has 36 heavy (non-hydrogen) atoms. The van der Waals surface area contributed by atoms with Crippen molar-refractivity contribution in [2.24, 2.45) is 5.11 Å². The highest BCUT2D eigenvalue weighted by molar-refractivity contribution is 7.22. The summed E-state index contributed by atoms with van der Waals surface area (Å²) in [5.74, 6) is 1.12. The first-order valence-corrected chi connectivity index (χ1v) is 12.2. The summed E-state index contributed by atoms with van der Waals surface area (Å²) >= 11 is 1.57. The maximum Gasteiger partial charge on any atom is 0.407 e. The molecule has 0 aliphatic carbocycles. The number of anilines is 1. The van der Waals surface area contributed by atoms with Crippen molar-refractivity contribution in [1.29, 1.82) is 0 Å². The van der Waals surface area contributed by atoms with Crippen LogP contribution in [0.3, 0.4) is 0 Å². The fraction of sp³-hybridized carbons (Fsp3) is 0.348. The van der Waals surface area contributed by atoms with Crippen LogP contribution in [0.5, 0.6) is 5.75 Å². The standard InChI is InChI=1S/C23H25N9O3S/c1-13-7-14-9-18(36-21(14)17(8-13)35-2)19-15(10-27-29-25)16(32-20(19)22(24)26-12-28-32)11-30-3-5-31(6-4-30)23(33)34/h7-9,12H,3-6,10-11H2,1-2H3,(H,33,34)(H2,24,26,28). The summed E-state index contributed by atoms with van der Waals surface area (Å²) in [4.78, 5) is 23.1. The molecule has 1 aliphatic heterocycles. The Hall–Kier alpha value is -4.06. The van der Waals surface area contributed by atoms with Gasteiger partial charge in [0.15, 0.2) is 5.82 Å². The molecule has 0 atom stereocenters. The van der Waals surface area contributed by atoms with Gasteiger partial charge in [-0.2, -0.15) is 5.10 Å². The molecule has 3 N–H and O–H groups in total. The van der Waals surface area contributed by atoms with Gasteiger partial charge < -0.3 is 20.5 Å². The molecule has 1 amide bonds. The van der Waals surface area contributed by atoms with Crippen LogP contribution in [0.4, 0.5) is 10.6 Å². The largest absolute Gasteiger partial charge is 0.495 e. The first-order chi connectivity index (χ1) is 17.4. The van der Waals surface area contributed by atoms with Crippen LogP contribution in [0.15, 0.2) is 29.6 Å². The molecular weight excluding hydrogens is 482 g/mol. The molecule has 0 bridgehead atoms. The summed E-state index contributed by atoms with van der Waals surface area (Å²) in [6, 6.07) is 6.19. The normalized spacial score (nSPS) is 14.3. The van der Waals surface area contributed by atoms with Gasteiger partial charge in [-0.15, -0.1) is 11.3 Å². The topological polar surface area (TPSA) is 158 Å². The van der Waals surface area contributed by atoms with Gasteiger partial charge in [-0.1, -0.05) is 11.2 Å². The van der Waals surface area contributed by atoms with Crippen LogP contribution in [0, 0.1) is 6.92 Å². The Morgan fingerprint density at radius 1 is 1.31 bits per heavy atom. The zero-order valence-corrected chi connectivity index (χ0v) is 20.7. The van der Waals surface area contributed by atoms with E-state index in [1.165, 1.54) is 11.2 Å². The van der Waals surface area contributed by atoms with Gasteiger partial charge in [0, 0.05) is 48.1 Å². The third kappa shape index (κ3) is 4.13. The van der Waals surface area contributed by atoms with Crippen LogP contribution in [0.1, 0.15) is 16.8 Å². The number of nitrogens with zero attached hydrogens (tertiary/aromatic N) is 8. The molecule has 1 saturated heterocycles. The van der Waals surface area contributed by atoms with E-state index in [2.05, 4.69) is 37.1 Å². The summed E-state index contributed by atoms with van der Waals surface area (Å²) in [7, 11) is 1.66. The molecular formula is C23H25N9O3S. The lowest BCUT2D eigenvalue weighted by Gasteiger charge is -2.33. The van der Waals surface area contributed by atoms with Gasteiger partial charge in [-0.3, -0.25) is 4.90 Å². The minimum atomic E-state index is -0.912. The number of hydrogen-bond donors (Lipinski definition) is 2. The lowest BCUT2D eigenvalue weighted by Crippen LogP contribution is -2.48. The van der Waals surface area contributed by atoms with Crippen LogP contribution in [-0.2, 0) is 13.1 Å². The number of amides is 1. The summed E-state index contributed by atoms with van der Waals surface area (Å²) in [6.45, 7) is 4.63. The number of aromatic nitrogens is 3. The van der Waals surface area contributed by atoms with E-state index in [9.17, 15) is 9.90 Å². The Labute approximate surface area is 210 Å². The van der Waals surface area contributed by atoms with Gasteiger partial charge in [-0.25, -0.2) is 14.3 Å². The van der Waals surface area contributed by atoms with Crippen molar-refractivity contribution in [2.45, 2.75) is 20.0 Å². The number of rotatable bonds is 6. The molecule has 5 rings (SSSR count). The number of nitrogen functional groups attached to an aromatic ring is 1. The van der Waals surface area contributed by atoms with Gasteiger partial charge in [-0.05, 0) is 41.1 Å². The molecule has 186 valence electrons. The Morgan fingerprint density at radius 2 is 2.08 bits per heavy atom. The molecule has 4 heterocycles.